The number of fused-ring (bicyclic) bond motifs is 1. The fourth-order valence-corrected chi connectivity index (χ4v) is 5.49. The zero-order valence-corrected chi connectivity index (χ0v) is 17.2. The quantitative estimate of drug-likeness (QED) is 0.843. The molecule has 142 valence electrons. The van der Waals surface area contributed by atoms with Gasteiger partial charge in [-0.3, -0.25) is 9.69 Å². The van der Waals surface area contributed by atoms with Gasteiger partial charge in [0.25, 0.3) is 0 Å². The van der Waals surface area contributed by atoms with Gasteiger partial charge < -0.3 is 5.32 Å². The van der Waals surface area contributed by atoms with Crippen molar-refractivity contribution in [1.29, 1.82) is 5.26 Å². The van der Waals surface area contributed by atoms with Gasteiger partial charge >= 0.3 is 0 Å². The van der Waals surface area contributed by atoms with Crippen LogP contribution in [0.4, 0.5) is 5.00 Å². The largest absolute Gasteiger partial charge is 0.315 e. The molecule has 0 aromatic carbocycles. The predicted molar refractivity (Wildman–Crippen MR) is 108 cm³/mol. The Balaban J connectivity index is 1.70. The normalized spacial score (nSPS) is 21.5. The third-order valence-electron chi connectivity index (χ3n) is 5.92. The number of amides is 1. The van der Waals surface area contributed by atoms with Crippen LogP contribution in [-0.2, 0) is 17.6 Å². The van der Waals surface area contributed by atoms with Gasteiger partial charge in [-0.1, -0.05) is 33.6 Å². The van der Waals surface area contributed by atoms with Crippen LogP contribution in [-0.4, -0.2) is 30.4 Å². The molecule has 3 rings (SSSR count). The summed E-state index contributed by atoms with van der Waals surface area (Å²) in [6, 6.07) is 2.36. The first-order chi connectivity index (χ1) is 12.4. The van der Waals surface area contributed by atoms with Gasteiger partial charge in [0.05, 0.1) is 12.1 Å². The van der Waals surface area contributed by atoms with Gasteiger partial charge in [0.15, 0.2) is 0 Å². The highest BCUT2D eigenvalue weighted by Gasteiger charge is 2.32. The molecule has 0 radical (unpaired) electrons. The molecule has 26 heavy (non-hydrogen) atoms. The number of rotatable bonds is 3. The third-order valence-corrected chi connectivity index (χ3v) is 7.09. The maximum atomic E-state index is 12.5. The van der Waals surface area contributed by atoms with Crippen molar-refractivity contribution < 1.29 is 4.79 Å². The smallest absolute Gasteiger partial charge is 0.239 e. The molecule has 4 nitrogen and oxygen atoms in total. The first-order valence-electron chi connectivity index (χ1n) is 9.95. The SMILES string of the molecule is CC(C)(C)[C@H]1CCc2c(sc(NC(=O)CN3CCCCCC3)c2C#N)C1. The van der Waals surface area contributed by atoms with E-state index in [4.69, 9.17) is 0 Å². The second kappa shape index (κ2) is 8.10. The number of likely N-dealkylation sites (tertiary alicyclic amines) is 1. The van der Waals surface area contributed by atoms with Crippen molar-refractivity contribution in [2.45, 2.75) is 65.7 Å². The van der Waals surface area contributed by atoms with Crippen LogP contribution in [0.25, 0.3) is 0 Å². The summed E-state index contributed by atoms with van der Waals surface area (Å²) in [6.07, 6.45) is 8.00. The molecule has 1 aliphatic carbocycles. The van der Waals surface area contributed by atoms with E-state index in [1.165, 1.54) is 36.1 Å². The van der Waals surface area contributed by atoms with Gasteiger partial charge in [-0.25, -0.2) is 0 Å². The van der Waals surface area contributed by atoms with Crippen molar-refractivity contribution in [3.63, 3.8) is 0 Å². The Hall–Kier alpha value is -1.38. The Morgan fingerprint density at radius 2 is 1.96 bits per heavy atom. The van der Waals surface area contributed by atoms with Crippen LogP contribution in [0.3, 0.4) is 0 Å². The van der Waals surface area contributed by atoms with Crippen molar-refractivity contribution >= 4 is 22.2 Å². The zero-order chi connectivity index (χ0) is 18.7. The predicted octanol–water partition coefficient (Wildman–Crippen LogP) is 4.59. The standard InChI is InChI=1S/C21H31N3OS/c1-21(2,3)15-8-9-16-17(13-22)20(26-18(16)12-15)23-19(25)14-24-10-6-4-5-7-11-24/h15H,4-12,14H2,1-3H3,(H,23,25)/t15-/m0/s1. The Kier molecular flexibility index (Phi) is 6.04. The molecule has 1 fully saturated rings. The summed E-state index contributed by atoms with van der Waals surface area (Å²) in [5.41, 5.74) is 2.18. The first kappa shape index (κ1) is 19.4. The summed E-state index contributed by atoms with van der Waals surface area (Å²) >= 11 is 1.63. The van der Waals surface area contributed by atoms with E-state index in [9.17, 15) is 10.1 Å². The molecule has 1 aromatic rings. The molecule has 0 spiro atoms. The van der Waals surface area contributed by atoms with Gasteiger partial charge in [-0.15, -0.1) is 11.3 Å². The van der Waals surface area contributed by atoms with Crippen molar-refractivity contribution in [2.75, 3.05) is 25.0 Å². The monoisotopic (exact) mass is 373 g/mol. The minimum atomic E-state index is 0.0226. The topological polar surface area (TPSA) is 56.1 Å². The lowest BCUT2D eigenvalue weighted by Crippen LogP contribution is -2.33. The van der Waals surface area contributed by atoms with Crippen LogP contribution < -0.4 is 5.32 Å². The van der Waals surface area contributed by atoms with E-state index in [0.29, 0.717) is 18.0 Å². The Labute approximate surface area is 161 Å². The molecule has 1 N–H and O–H groups in total. The van der Waals surface area contributed by atoms with E-state index in [0.717, 1.165) is 37.4 Å². The second-order valence-corrected chi connectivity index (χ2v) is 9.97. The number of nitriles is 1. The number of hydrogen-bond acceptors (Lipinski definition) is 4. The third kappa shape index (κ3) is 4.47. The number of thiophene rings is 1. The summed E-state index contributed by atoms with van der Waals surface area (Å²) < 4.78 is 0. The van der Waals surface area contributed by atoms with Gasteiger partial charge in [-0.2, -0.15) is 5.26 Å². The van der Waals surface area contributed by atoms with Gasteiger partial charge in [0.2, 0.25) is 5.91 Å². The number of carbonyl (C=O) groups excluding carboxylic acids is 1. The first-order valence-corrected chi connectivity index (χ1v) is 10.8. The number of hydrogen-bond donors (Lipinski definition) is 1. The number of carbonyl (C=O) groups is 1. The maximum absolute atomic E-state index is 12.5. The zero-order valence-electron chi connectivity index (χ0n) is 16.4. The summed E-state index contributed by atoms with van der Waals surface area (Å²) in [5, 5.41) is 13.5. The number of anilines is 1. The van der Waals surface area contributed by atoms with Crippen molar-refractivity contribution in [2.24, 2.45) is 11.3 Å². The van der Waals surface area contributed by atoms with Crippen LogP contribution >= 0.6 is 11.3 Å². The Morgan fingerprint density at radius 3 is 2.58 bits per heavy atom. The highest BCUT2D eigenvalue weighted by Crippen LogP contribution is 2.43. The lowest BCUT2D eigenvalue weighted by Gasteiger charge is -2.33. The van der Waals surface area contributed by atoms with E-state index in [1.807, 2.05) is 0 Å². The summed E-state index contributed by atoms with van der Waals surface area (Å²) in [5.74, 6) is 0.662. The fraction of sp³-hybridized carbons (Fsp3) is 0.714. The molecule has 1 aliphatic heterocycles. The lowest BCUT2D eigenvalue weighted by molar-refractivity contribution is -0.117. The minimum Gasteiger partial charge on any atom is -0.315 e. The van der Waals surface area contributed by atoms with Crippen LogP contribution in [0, 0.1) is 22.7 Å². The minimum absolute atomic E-state index is 0.0226. The molecule has 2 aliphatic rings. The highest BCUT2D eigenvalue weighted by molar-refractivity contribution is 7.16. The van der Waals surface area contributed by atoms with Crippen molar-refractivity contribution in [3.05, 3.63) is 16.0 Å². The van der Waals surface area contributed by atoms with E-state index >= 15 is 0 Å². The van der Waals surface area contributed by atoms with Gasteiger partial charge in [-0.05, 0) is 62.1 Å². The average Bonchev–Trinajstić information content (AvgIpc) is 2.73. The molecule has 1 aromatic heterocycles. The molecule has 2 heterocycles. The fourth-order valence-electron chi connectivity index (χ4n) is 4.20. The number of nitrogens with one attached hydrogen (secondary N) is 1. The summed E-state index contributed by atoms with van der Waals surface area (Å²) in [4.78, 5) is 16.1. The van der Waals surface area contributed by atoms with Gasteiger partial charge in [0.1, 0.15) is 11.1 Å². The molecule has 0 bridgehead atoms. The molecule has 1 saturated heterocycles. The summed E-state index contributed by atoms with van der Waals surface area (Å²) in [7, 11) is 0. The van der Waals surface area contributed by atoms with E-state index in [2.05, 4.69) is 37.1 Å². The van der Waals surface area contributed by atoms with Gasteiger partial charge in [0, 0.05) is 4.88 Å². The maximum Gasteiger partial charge on any atom is 0.239 e. The molecule has 5 heteroatoms. The van der Waals surface area contributed by atoms with E-state index < -0.39 is 0 Å². The molecule has 1 amide bonds. The average molecular weight is 374 g/mol. The van der Waals surface area contributed by atoms with Crippen molar-refractivity contribution in [1.82, 2.24) is 4.90 Å². The molecular formula is C21H31N3OS. The second-order valence-electron chi connectivity index (χ2n) is 8.86. The molecule has 0 saturated carbocycles. The molecule has 0 unspecified atom stereocenters. The highest BCUT2D eigenvalue weighted by atomic mass is 32.1. The number of nitrogens with zero attached hydrogens (tertiary/aromatic N) is 2. The molecular weight excluding hydrogens is 342 g/mol. The van der Waals surface area contributed by atoms with Crippen LogP contribution in [0.15, 0.2) is 0 Å². The van der Waals surface area contributed by atoms with Crippen LogP contribution in [0.2, 0.25) is 0 Å². The lowest BCUT2D eigenvalue weighted by atomic mass is 9.72. The Bertz CT molecular complexity index is 687. The van der Waals surface area contributed by atoms with E-state index in [1.54, 1.807) is 11.3 Å². The van der Waals surface area contributed by atoms with Crippen molar-refractivity contribution in [3.8, 4) is 6.07 Å². The Morgan fingerprint density at radius 1 is 1.27 bits per heavy atom. The van der Waals surface area contributed by atoms with E-state index in [-0.39, 0.29) is 11.3 Å². The van der Waals surface area contributed by atoms with Crippen LogP contribution in [0.1, 0.15) is 68.9 Å². The van der Waals surface area contributed by atoms with Crippen LogP contribution in [0.5, 0.6) is 0 Å². The molecule has 1 atom stereocenters. The summed E-state index contributed by atoms with van der Waals surface area (Å²) in [6.45, 7) is 9.35.